The van der Waals surface area contributed by atoms with Crippen molar-refractivity contribution >= 4 is 18.1 Å². The van der Waals surface area contributed by atoms with Crippen LogP contribution in [0.3, 0.4) is 0 Å². The van der Waals surface area contributed by atoms with Crippen LogP contribution in [0.25, 0.3) is 0 Å². The van der Waals surface area contributed by atoms with Crippen molar-refractivity contribution in [2.75, 3.05) is 6.54 Å². The number of amides is 3. The summed E-state index contributed by atoms with van der Waals surface area (Å²) >= 11 is 0. The minimum absolute atomic E-state index is 0.0991. The number of aliphatic carboxylic acids is 1. The Morgan fingerprint density at radius 2 is 1.89 bits per heavy atom. The van der Waals surface area contributed by atoms with Gasteiger partial charge in [-0.25, -0.2) is 9.59 Å². The van der Waals surface area contributed by atoms with Gasteiger partial charge < -0.3 is 31.0 Å². The number of carboxylic acids is 1. The monoisotopic (exact) mass is 274 g/mol. The molecule has 8 heteroatoms. The average molecular weight is 274 g/mol. The van der Waals surface area contributed by atoms with Gasteiger partial charge in [0.25, 0.3) is 0 Å². The smallest absolute Gasteiger partial charge is 0.408 e. The first-order valence-corrected chi connectivity index (χ1v) is 5.85. The summed E-state index contributed by atoms with van der Waals surface area (Å²) in [5.41, 5.74) is 4.14. The van der Waals surface area contributed by atoms with Crippen molar-refractivity contribution in [3.05, 3.63) is 0 Å². The number of nitrogens with two attached hydrogens (primary N) is 1. The summed E-state index contributed by atoms with van der Waals surface area (Å²) in [4.78, 5) is 32.6. The minimum atomic E-state index is -1.41. The van der Waals surface area contributed by atoms with Gasteiger partial charge in [0.15, 0.2) is 0 Å². The van der Waals surface area contributed by atoms with Gasteiger partial charge in [0.05, 0.1) is 12.0 Å². The maximum Gasteiger partial charge on any atom is 0.408 e. The maximum atomic E-state index is 11.4. The van der Waals surface area contributed by atoms with Gasteiger partial charge in [-0.15, -0.1) is 0 Å². The molecule has 0 rings (SSSR count). The summed E-state index contributed by atoms with van der Waals surface area (Å²) in [6, 6.07) is -1.87. The second-order valence-electron chi connectivity index (χ2n) is 4.95. The van der Waals surface area contributed by atoms with Gasteiger partial charge in [-0.2, -0.15) is 0 Å². The molecule has 0 fully saturated rings. The fraction of sp³-hybridized carbons (Fsp3) is 0.727. The number of alkyl carbamates (subject to hydrolysis) is 1. The lowest BCUT2D eigenvalue weighted by molar-refractivity contribution is -0.308. The zero-order valence-electron chi connectivity index (χ0n) is 11.3. The molecule has 3 amide bonds. The van der Waals surface area contributed by atoms with Crippen LogP contribution in [0.4, 0.5) is 9.59 Å². The first kappa shape index (κ1) is 17.0. The number of carbonyl (C=O) groups is 3. The Bertz CT molecular complexity index is 338. The molecule has 0 bridgehead atoms. The van der Waals surface area contributed by atoms with Crippen LogP contribution in [0.2, 0.25) is 0 Å². The molecule has 0 saturated heterocycles. The molecule has 0 aromatic rings. The van der Waals surface area contributed by atoms with Gasteiger partial charge in [0.2, 0.25) is 0 Å². The van der Waals surface area contributed by atoms with Crippen LogP contribution >= 0.6 is 0 Å². The highest BCUT2D eigenvalue weighted by molar-refractivity contribution is 5.78. The van der Waals surface area contributed by atoms with E-state index in [0.717, 1.165) is 0 Å². The molecule has 0 unspecified atom stereocenters. The zero-order chi connectivity index (χ0) is 15.1. The lowest BCUT2D eigenvalue weighted by Gasteiger charge is -2.24. The van der Waals surface area contributed by atoms with E-state index >= 15 is 0 Å². The van der Waals surface area contributed by atoms with E-state index in [4.69, 9.17) is 10.5 Å². The molecule has 0 aliphatic heterocycles. The van der Waals surface area contributed by atoms with E-state index in [1.54, 1.807) is 20.8 Å². The molecule has 0 saturated carbocycles. The number of primary amides is 1. The summed E-state index contributed by atoms with van der Waals surface area (Å²) in [6.07, 6.45) is -0.399. The van der Waals surface area contributed by atoms with Crippen molar-refractivity contribution < 1.29 is 24.2 Å². The number of rotatable bonds is 6. The first-order chi connectivity index (χ1) is 8.61. The van der Waals surface area contributed by atoms with Gasteiger partial charge in [-0.05, 0) is 33.6 Å². The molecule has 19 heavy (non-hydrogen) atoms. The third-order valence-electron chi connectivity index (χ3n) is 1.94. The van der Waals surface area contributed by atoms with E-state index < -0.39 is 29.7 Å². The summed E-state index contributed by atoms with van der Waals surface area (Å²) in [6.45, 7) is 5.21. The molecule has 0 heterocycles. The quantitative estimate of drug-likeness (QED) is 0.538. The number of urea groups is 1. The number of hydrogen-bond acceptors (Lipinski definition) is 5. The molecule has 0 aliphatic carbocycles. The SMILES string of the molecule is CC(C)(C)OC(=O)N[C@H](CCCNC(N)=O)C(=O)[O-]. The molecule has 4 N–H and O–H groups in total. The van der Waals surface area contributed by atoms with E-state index in [1.807, 2.05) is 0 Å². The van der Waals surface area contributed by atoms with Crippen molar-refractivity contribution in [1.82, 2.24) is 10.6 Å². The van der Waals surface area contributed by atoms with E-state index in [-0.39, 0.29) is 13.0 Å². The number of ether oxygens (including phenoxy) is 1. The van der Waals surface area contributed by atoms with Crippen LogP contribution in [-0.4, -0.2) is 36.3 Å². The van der Waals surface area contributed by atoms with Gasteiger partial charge in [-0.3, -0.25) is 0 Å². The summed E-state index contributed by atoms with van der Waals surface area (Å²) < 4.78 is 4.93. The minimum Gasteiger partial charge on any atom is -0.548 e. The summed E-state index contributed by atoms with van der Waals surface area (Å²) in [5.74, 6) is -1.41. The predicted molar refractivity (Wildman–Crippen MR) is 65.0 cm³/mol. The van der Waals surface area contributed by atoms with Gasteiger partial charge >= 0.3 is 12.1 Å². The normalized spacial score (nSPS) is 12.4. The molecule has 0 aromatic carbocycles. The standard InChI is InChI=1S/C11H21N3O5/c1-11(2,3)19-10(18)14-7(8(15)16)5-4-6-13-9(12)17/h7H,4-6H2,1-3H3,(H,14,18)(H,15,16)(H3,12,13,17)/p-1/t7-/m1/s1. The Morgan fingerprint density at radius 1 is 1.32 bits per heavy atom. The van der Waals surface area contributed by atoms with Gasteiger partial charge in [0, 0.05) is 6.54 Å². The molecular formula is C11H20N3O5-. The molecule has 0 aromatic heterocycles. The van der Waals surface area contributed by atoms with E-state index in [2.05, 4.69) is 10.6 Å². The fourth-order valence-electron chi connectivity index (χ4n) is 1.22. The second-order valence-corrected chi connectivity index (χ2v) is 4.95. The Hall–Kier alpha value is -1.99. The predicted octanol–water partition coefficient (Wildman–Crippen LogP) is -0.922. The third-order valence-corrected chi connectivity index (χ3v) is 1.94. The largest absolute Gasteiger partial charge is 0.548 e. The lowest BCUT2D eigenvalue weighted by atomic mass is 10.1. The van der Waals surface area contributed by atoms with Crippen molar-refractivity contribution in [1.29, 1.82) is 0 Å². The Kier molecular flexibility index (Phi) is 6.67. The Morgan fingerprint density at radius 3 is 2.32 bits per heavy atom. The highest BCUT2D eigenvalue weighted by atomic mass is 16.6. The molecule has 1 atom stereocenters. The van der Waals surface area contributed by atoms with Crippen molar-refractivity contribution in [3.8, 4) is 0 Å². The number of carbonyl (C=O) groups excluding carboxylic acids is 3. The van der Waals surface area contributed by atoms with E-state index in [9.17, 15) is 19.5 Å². The Labute approximate surface area is 111 Å². The molecule has 0 aliphatic rings. The lowest BCUT2D eigenvalue weighted by Crippen LogP contribution is -2.49. The van der Waals surface area contributed by atoms with Crippen LogP contribution < -0.4 is 21.5 Å². The molecule has 110 valence electrons. The van der Waals surface area contributed by atoms with Crippen molar-refractivity contribution in [2.45, 2.75) is 45.3 Å². The first-order valence-electron chi connectivity index (χ1n) is 5.85. The molecule has 0 radical (unpaired) electrons. The van der Waals surface area contributed by atoms with Crippen molar-refractivity contribution in [2.24, 2.45) is 5.73 Å². The third kappa shape index (κ3) is 9.69. The summed E-state index contributed by atoms with van der Waals surface area (Å²) in [7, 11) is 0. The number of hydrogen-bond donors (Lipinski definition) is 3. The van der Waals surface area contributed by atoms with Gasteiger partial charge in [0.1, 0.15) is 5.60 Å². The van der Waals surface area contributed by atoms with Crippen molar-refractivity contribution in [3.63, 3.8) is 0 Å². The van der Waals surface area contributed by atoms with Gasteiger partial charge in [-0.1, -0.05) is 0 Å². The van der Waals surface area contributed by atoms with Crippen LogP contribution in [0.5, 0.6) is 0 Å². The average Bonchev–Trinajstić information content (AvgIpc) is 2.19. The topological polar surface area (TPSA) is 134 Å². The second kappa shape index (κ2) is 7.45. The van der Waals surface area contributed by atoms with E-state index in [1.165, 1.54) is 0 Å². The molecular weight excluding hydrogens is 254 g/mol. The van der Waals surface area contributed by atoms with Crippen LogP contribution in [0, 0.1) is 0 Å². The zero-order valence-corrected chi connectivity index (χ0v) is 11.3. The highest BCUT2D eigenvalue weighted by Crippen LogP contribution is 2.07. The number of nitrogens with one attached hydrogen (secondary N) is 2. The summed E-state index contributed by atoms with van der Waals surface area (Å²) in [5, 5.41) is 15.3. The highest BCUT2D eigenvalue weighted by Gasteiger charge is 2.19. The maximum absolute atomic E-state index is 11.4. The van der Waals surface area contributed by atoms with Crippen LogP contribution in [-0.2, 0) is 9.53 Å². The van der Waals surface area contributed by atoms with Crippen LogP contribution in [0.1, 0.15) is 33.6 Å². The Balaban J connectivity index is 4.16. The fourth-order valence-corrected chi connectivity index (χ4v) is 1.22. The molecule has 8 nitrogen and oxygen atoms in total. The van der Waals surface area contributed by atoms with E-state index in [0.29, 0.717) is 6.42 Å². The van der Waals surface area contributed by atoms with Crippen LogP contribution in [0.15, 0.2) is 0 Å². The number of carboxylic acid groups (broad SMARTS) is 1. The molecule has 0 spiro atoms.